The molecule has 1 saturated heterocycles. The van der Waals surface area contributed by atoms with E-state index in [0.29, 0.717) is 12.0 Å². The molecule has 3 nitrogen and oxygen atoms in total. The van der Waals surface area contributed by atoms with Crippen LogP contribution >= 0.6 is 0 Å². The van der Waals surface area contributed by atoms with Gasteiger partial charge in [0.15, 0.2) is 0 Å². The maximum atomic E-state index is 5.96. The summed E-state index contributed by atoms with van der Waals surface area (Å²) in [5, 5.41) is 0. The van der Waals surface area contributed by atoms with E-state index in [1.165, 1.54) is 37.1 Å². The molecule has 0 spiro atoms. The molecule has 0 amide bonds. The third-order valence-electron chi connectivity index (χ3n) is 3.92. The first-order valence-electron chi connectivity index (χ1n) is 6.54. The first-order chi connectivity index (χ1) is 8.16. The van der Waals surface area contributed by atoms with E-state index >= 15 is 0 Å². The van der Waals surface area contributed by atoms with Crippen LogP contribution in [0.5, 0.6) is 0 Å². The van der Waals surface area contributed by atoms with Crippen molar-refractivity contribution in [2.24, 2.45) is 11.7 Å². The lowest BCUT2D eigenvalue weighted by Crippen LogP contribution is -2.39. The molecule has 0 saturated carbocycles. The van der Waals surface area contributed by atoms with E-state index in [-0.39, 0.29) is 0 Å². The van der Waals surface area contributed by atoms with Gasteiger partial charge < -0.3 is 5.73 Å². The second-order valence-corrected chi connectivity index (χ2v) is 5.27. The van der Waals surface area contributed by atoms with E-state index in [4.69, 9.17) is 5.73 Å². The largest absolute Gasteiger partial charge is 0.328 e. The molecule has 17 heavy (non-hydrogen) atoms. The average Bonchev–Trinajstić information content (AvgIpc) is 2.33. The van der Waals surface area contributed by atoms with Gasteiger partial charge in [0.25, 0.3) is 0 Å². The highest BCUT2D eigenvalue weighted by molar-refractivity contribution is 5.21. The zero-order valence-electron chi connectivity index (χ0n) is 10.9. The summed E-state index contributed by atoms with van der Waals surface area (Å²) < 4.78 is 0. The van der Waals surface area contributed by atoms with Gasteiger partial charge in [-0.25, -0.2) is 0 Å². The van der Waals surface area contributed by atoms with Crippen molar-refractivity contribution in [2.75, 3.05) is 13.1 Å². The number of aromatic nitrogens is 1. The zero-order valence-corrected chi connectivity index (χ0v) is 10.9. The highest BCUT2D eigenvalue weighted by atomic mass is 15.1. The molecule has 1 fully saturated rings. The molecule has 1 atom stereocenters. The Morgan fingerprint density at radius 3 is 2.76 bits per heavy atom. The van der Waals surface area contributed by atoms with Gasteiger partial charge in [-0.2, -0.15) is 0 Å². The molecule has 1 aliphatic rings. The van der Waals surface area contributed by atoms with Gasteiger partial charge in [0.2, 0.25) is 0 Å². The first kappa shape index (κ1) is 12.5. The van der Waals surface area contributed by atoms with E-state index in [2.05, 4.69) is 29.8 Å². The molecule has 94 valence electrons. The Hall–Kier alpha value is -0.930. The second kappa shape index (κ2) is 5.61. The Bertz CT molecular complexity index is 354. The lowest BCUT2D eigenvalue weighted by atomic mass is 9.91. The molecule has 1 aromatic rings. The van der Waals surface area contributed by atoms with Crippen LogP contribution in [-0.4, -0.2) is 29.0 Å². The standard InChI is InChI=1S/C14H23N3/c1-11-3-6-16-9-14(11)10-17-7-4-13(5-8-17)12(2)15/h3,6,9,12-13H,4-5,7-8,10,15H2,1-2H3. The van der Waals surface area contributed by atoms with Gasteiger partial charge in [-0.15, -0.1) is 0 Å². The van der Waals surface area contributed by atoms with Crippen LogP contribution in [0.15, 0.2) is 18.5 Å². The molecule has 0 bridgehead atoms. The summed E-state index contributed by atoms with van der Waals surface area (Å²) >= 11 is 0. The normalized spacial score (nSPS) is 20.4. The first-order valence-corrected chi connectivity index (χ1v) is 6.54. The Kier molecular flexibility index (Phi) is 4.13. The monoisotopic (exact) mass is 233 g/mol. The van der Waals surface area contributed by atoms with Crippen LogP contribution in [0.3, 0.4) is 0 Å². The van der Waals surface area contributed by atoms with Gasteiger partial charge in [-0.1, -0.05) is 0 Å². The predicted octanol–water partition coefficient (Wildman–Crippen LogP) is 1.95. The number of hydrogen-bond donors (Lipinski definition) is 1. The van der Waals surface area contributed by atoms with Gasteiger partial charge in [0.1, 0.15) is 0 Å². The quantitative estimate of drug-likeness (QED) is 0.867. The van der Waals surface area contributed by atoms with Crippen LogP contribution in [0.2, 0.25) is 0 Å². The Morgan fingerprint density at radius 1 is 1.47 bits per heavy atom. The molecule has 1 aromatic heterocycles. The summed E-state index contributed by atoms with van der Waals surface area (Å²) in [5.74, 6) is 0.709. The molecule has 1 unspecified atom stereocenters. The third-order valence-corrected chi connectivity index (χ3v) is 3.92. The summed E-state index contributed by atoms with van der Waals surface area (Å²) in [7, 11) is 0. The van der Waals surface area contributed by atoms with Gasteiger partial charge in [0, 0.05) is 25.0 Å². The van der Waals surface area contributed by atoms with Crippen molar-refractivity contribution < 1.29 is 0 Å². The van der Waals surface area contributed by atoms with Crippen molar-refractivity contribution in [3.8, 4) is 0 Å². The average molecular weight is 233 g/mol. The van der Waals surface area contributed by atoms with Crippen molar-refractivity contribution >= 4 is 0 Å². The van der Waals surface area contributed by atoms with E-state index < -0.39 is 0 Å². The predicted molar refractivity (Wildman–Crippen MR) is 70.6 cm³/mol. The van der Waals surface area contributed by atoms with E-state index in [1.807, 2.05) is 12.4 Å². The van der Waals surface area contributed by atoms with Crippen molar-refractivity contribution in [1.29, 1.82) is 0 Å². The lowest BCUT2D eigenvalue weighted by Gasteiger charge is -2.33. The number of likely N-dealkylation sites (tertiary alicyclic amines) is 1. The smallest absolute Gasteiger partial charge is 0.0315 e. The molecule has 2 N–H and O–H groups in total. The minimum absolute atomic E-state index is 0.345. The van der Waals surface area contributed by atoms with Crippen LogP contribution in [0.1, 0.15) is 30.9 Å². The number of piperidine rings is 1. The SMILES string of the molecule is Cc1ccncc1CN1CCC(C(C)N)CC1. The Morgan fingerprint density at radius 2 is 2.18 bits per heavy atom. The molecule has 2 heterocycles. The molecular formula is C14H23N3. The lowest BCUT2D eigenvalue weighted by molar-refractivity contribution is 0.165. The van der Waals surface area contributed by atoms with Gasteiger partial charge in [0.05, 0.1) is 0 Å². The van der Waals surface area contributed by atoms with Crippen molar-refractivity contribution in [3.05, 3.63) is 29.6 Å². The molecular weight excluding hydrogens is 210 g/mol. The Balaban J connectivity index is 1.88. The molecule has 0 aliphatic carbocycles. The number of hydrogen-bond acceptors (Lipinski definition) is 3. The maximum Gasteiger partial charge on any atom is 0.0315 e. The number of nitrogens with zero attached hydrogens (tertiary/aromatic N) is 2. The van der Waals surface area contributed by atoms with Crippen LogP contribution in [0, 0.1) is 12.8 Å². The number of aryl methyl sites for hydroxylation is 1. The number of pyridine rings is 1. The maximum absolute atomic E-state index is 5.96. The fourth-order valence-corrected chi connectivity index (χ4v) is 2.54. The third kappa shape index (κ3) is 3.27. The summed E-state index contributed by atoms with van der Waals surface area (Å²) in [6, 6.07) is 2.43. The molecule has 3 heteroatoms. The van der Waals surface area contributed by atoms with Crippen LogP contribution < -0.4 is 5.73 Å². The minimum Gasteiger partial charge on any atom is -0.328 e. The molecule has 2 rings (SSSR count). The summed E-state index contributed by atoms with van der Waals surface area (Å²) in [6.07, 6.45) is 6.32. The van der Waals surface area contributed by atoms with E-state index in [1.54, 1.807) is 0 Å². The molecule has 0 radical (unpaired) electrons. The van der Waals surface area contributed by atoms with Crippen LogP contribution in [0.25, 0.3) is 0 Å². The van der Waals surface area contributed by atoms with Gasteiger partial charge in [-0.05, 0) is 62.9 Å². The van der Waals surface area contributed by atoms with Crippen LogP contribution in [-0.2, 0) is 6.54 Å². The zero-order chi connectivity index (χ0) is 12.3. The van der Waals surface area contributed by atoms with E-state index in [9.17, 15) is 0 Å². The second-order valence-electron chi connectivity index (χ2n) is 5.27. The van der Waals surface area contributed by atoms with Crippen LogP contribution in [0.4, 0.5) is 0 Å². The van der Waals surface area contributed by atoms with Crippen molar-refractivity contribution in [3.63, 3.8) is 0 Å². The van der Waals surface area contributed by atoms with Crippen molar-refractivity contribution in [1.82, 2.24) is 9.88 Å². The van der Waals surface area contributed by atoms with Gasteiger partial charge in [-0.3, -0.25) is 9.88 Å². The molecule has 1 aliphatic heterocycles. The van der Waals surface area contributed by atoms with Gasteiger partial charge >= 0.3 is 0 Å². The molecule has 0 aromatic carbocycles. The summed E-state index contributed by atoms with van der Waals surface area (Å²) in [5.41, 5.74) is 8.66. The highest BCUT2D eigenvalue weighted by Gasteiger charge is 2.21. The highest BCUT2D eigenvalue weighted by Crippen LogP contribution is 2.21. The summed E-state index contributed by atoms with van der Waals surface area (Å²) in [6.45, 7) is 7.66. The topological polar surface area (TPSA) is 42.2 Å². The number of nitrogens with two attached hydrogens (primary N) is 1. The summed E-state index contributed by atoms with van der Waals surface area (Å²) in [4.78, 5) is 6.72. The fraction of sp³-hybridized carbons (Fsp3) is 0.643. The minimum atomic E-state index is 0.345. The Labute approximate surface area is 104 Å². The van der Waals surface area contributed by atoms with E-state index in [0.717, 1.165) is 6.54 Å². The number of rotatable bonds is 3. The van der Waals surface area contributed by atoms with Crippen molar-refractivity contribution in [2.45, 2.75) is 39.3 Å². The fourth-order valence-electron chi connectivity index (χ4n) is 2.54.